The lowest BCUT2D eigenvalue weighted by Crippen LogP contribution is -2.01. The van der Waals surface area contributed by atoms with Crippen LogP contribution in [0.4, 0.5) is 0 Å². The molecule has 0 heterocycles. The quantitative estimate of drug-likeness (QED) is 0.515. The summed E-state index contributed by atoms with van der Waals surface area (Å²) in [6.07, 6.45) is 7.49. The normalized spacial score (nSPS) is 10.9. The first-order valence-corrected chi connectivity index (χ1v) is 7.98. The van der Waals surface area contributed by atoms with Crippen molar-refractivity contribution in [2.24, 2.45) is 0 Å². The first-order valence-electron chi connectivity index (χ1n) is 7.98. The van der Waals surface area contributed by atoms with E-state index in [1.54, 1.807) is 6.07 Å². The van der Waals surface area contributed by atoms with Gasteiger partial charge in [0.25, 0.3) is 0 Å². The zero-order valence-electron chi connectivity index (χ0n) is 12.8. The van der Waals surface area contributed by atoms with E-state index in [1.807, 2.05) is 30.3 Å². The summed E-state index contributed by atoms with van der Waals surface area (Å²) in [6, 6.07) is 11.2. The molecule has 0 fully saturated rings. The minimum Gasteiger partial charge on any atom is -0.507 e. The van der Waals surface area contributed by atoms with Crippen molar-refractivity contribution >= 4 is 16.6 Å². The van der Waals surface area contributed by atoms with Gasteiger partial charge < -0.3 is 5.11 Å². The molecule has 0 unspecified atom stereocenters. The number of carbonyl (C=O) groups is 1. The topological polar surface area (TPSA) is 37.3 Å². The predicted octanol–water partition coefficient (Wildman–Crippen LogP) is 5.48. The summed E-state index contributed by atoms with van der Waals surface area (Å²) in [4.78, 5) is 12.4. The Kier molecular flexibility index (Phi) is 5.79. The number of Topliss-reactive ketones (excluding diaryl/α,β-unsaturated/α-hetero) is 1. The van der Waals surface area contributed by atoms with E-state index < -0.39 is 0 Å². The van der Waals surface area contributed by atoms with Crippen LogP contribution >= 0.6 is 0 Å². The van der Waals surface area contributed by atoms with Crippen molar-refractivity contribution in [3.05, 3.63) is 42.0 Å². The van der Waals surface area contributed by atoms with Gasteiger partial charge in [-0.2, -0.15) is 0 Å². The lowest BCUT2D eigenvalue weighted by Gasteiger charge is -2.08. The number of unbranched alkanes of at least 4 members (excludes halogenated alkanes) is 5. The molecule has 21 heavy (non-hydrogen) atoms. The van der Waals surface area contributed by atoms with E-state index >= 15 is 0 Å². The second-order valence-corrected chi connectivity index (χ2v) is 5.62. The van der Waals surface area contributed by atoms with E-state index in [0.717, 1.165) is 23.6 Å². The van der Waals surface area contributed by atoms with Gasteiger partial charge in [0.1, 0.15) is 5.75 Å². The second-order valence-electron chi connectivity index (χ2n) is 5.62. The number of phenols is 1. The lowest BCUT2D eigenvalue weighted by atomic mass is 9.97. The molecular weight excluding hydrogens is 260 g/mol. The SMILES string of the molecule is CCCCCCCCC(=O)c1c(O)ccc2ccccc12. The average Bonchev–Trinajstić information content (AvgIpc) is 2.50. The van der Waals surface area contributed by atoms with E-state index in [-0.39, 0.29) is 11.5 Å². The van der Waals surface area contributed by atoms with Gasteiger partial charge >= 0.3 is 0 Å². The van der Waals surface area contributed by atoms with Gasteiger partial charge in [0.15, 0.2) is 5.78 Å². The number of aromatic hydroxyl groups is 1. The third-order valence-corrected chi connectivity index (χ3v) is 3.94. The number of hydrogen-bond donors (Lipinski definition) is 1. The minimum atomic E-state index is 0.0554. The van der Waals surface area contributed by atoms with Crippen LogP contribution < -0.4 is 0 Å². The molecule has 0 aliphatic carbocycles. The van der Waals surface area contributed by atoms with Crippen LogP contribution in [0.15, 0.2) is 36.4 Å². The number of fused-ring (bicyclic) bond motifs is 1. The third-order valence-electron chi connectivity index (χ3n) is 3.94. The Morgan fingerprint density at radius 2 is 1.67 bits per heavy atom. The highest BCUT2D eigenvalue weighted by Gasteiger charge is 2.14. The van der Waals surface area contributed by atoms with Crippen LogP contribution in [0, 0.1) is 0 Å². The minimum absolute atomic E-state index is 0.0554. The van der Waals surface area contributed by atoms with Crippen molar-refractivity contribution in [2.45, 2.75) is 51.9 Å². The van der Waals surface area contributed by atoms with Gasteiger partial charge in [0.2, 0.25) is 0 Å². The fourth-order valence-electron chi connectivity index (χ4n) is 2.74. The van der Waals surface area contributed by atoms with Gasteiger partial charge in [-0.1, -0.05) is 69.4 Å². The number of phenolic OH excluding ortho intramolecular Hbond substituents is 1. The monoisotopic (exact) mass is 284 g/mol. The van der Waals surface area contributed by atoms with E-state index in [0.29, 0.717) is 12.0 Å². The Bertz CT molecular complexity index is 602. The van der Waals surface area contributed by atoms with E-state index in [4.69, 9.17) is 0 Å². The lowest BCUT2D eigenvalue weighted by molar-refractivity contribution is 0.0978. The van der Waals surface area contributed by atoms with Crippen molar-refractivity contribution in [1.29, 1.82) is 0 Å². The largest absolute Gasteiger partial charge is 0.507 e. The Morgan fingerprint density at radius 3 is 2.48 bits per heavy atom. The summed E-state index contributed by atoms with van der Waals surface area (Å²) >= 11 is 0. The summed E-state index contributed by atoms with van der Waals surface area (Å²) in [6.45, 7) is 2.20. The second kappa shape index (κ2) is 7.82. The van der Waals surface area contributed by atoms with Gasteiger partial charge in [0, 0.05) is 6.42 Å². The molecule has 0 atom stereocenters. The summed E-state index contributed by atoms with van der Waals surface area (Å²) in [5, 5.41) is 11.9. The van der Waals surface area contributed by atoms with Gasteiger partial charge in [-0.15, -0.1) is 0 Å². The van der Waals surface area contributed by atoms with Crippen molar-refractivity contribution in [1.82, 2.24) is 0 Å². The van der Waals surface area contributed by atoms with Crippen LogP contribution in [0.25, 0.3) is 10.8 Å². The summed E-state index contributed by atoms with van der Waals surface area (Å²) in [5.74, 6) is 0.157. The highest BCUT2D eigenvalue weighted by atomic mass is 16.3. The summed E-state index contributed by atoms with van der Waals surface area (Å²) in [5.41, 5.74) is 0.488. The van der Waals surface area contributed by atoms with Crippen molar-refractivity contribution < 1.29 is 9.90 Å². The van der Waals surface area contributed by atoms with Crippen LogP contribution in [0.5, 0.6) is 5.75 Å². The van der Waals surface area contributed by atoms with Crippen LogP contribution in [0.2, 0.25) is 0 Å². The molecule has 2 nitrogen and oxygen atoms in total. The standard InChI is InChI=1S/C19H24O2/c1-2-3-4-5-6-7-12-17(20)19-16-11-9-8-10-15(16)13-14-18(19)21/h8-11,13-14,21H,2-7,12H2,1H3. The van der Waals surface area contributed by atoms with Gasteiger partial charge in [0.05, 0.1) is 5.56 Å². The Balaban J connectivity index is 2.01. The summed E-state index contributed by atoms with van der Waals surface area (Å²) in [7, 11) is 0. The molecule has 0 spiro atoms. The molecule has 2 aromatic rings. The van der Waals surface area contributed by atoms with Crippen molar-refractivity contribution in [3.63, 3.8) is 0 Å². The molecule has 0 saturated carbocycles. The van der Waals surface area contributed by atoms with E-state index in [9.17, 15) is 9.90 Å². The van der Waals surface area contributed by atoms with Gasteiger partial charge in [-0.25, -0.2) is 0 Å². The first-order chi connectivity index (χ1) is 10.2. The van der Waals surface area contributed by atoms with Gasteiger partial charge in [-0.3, -0.25) is 4.79 Å². The zero-order valence-corrected chi connectivity index (χ0v) is 12.8. The maximum absolute atomic E-state index is 12.4. The first kappa shape index (κ1) is 15.6. The maximum atomic E-state index is 12.4. The molecule has 0 aliphatic heterocycles. The number of benzene rings is 2. The number of rotatable bonds is 8. The Hall–Kier alpha value is -1.83. The van der Waals surface area contributed by atoms with Crippen LogP contribution in [-0.2, 0) is 0 Å². The molecular formula is C19H24O2. The molecule has 2 aromatic carbocycles. The third kappa shape index (κ3) is 4.07. The molecule has 112 valence electrons. The fourth-order valence-corrected chi connectivity index (χ4v) is 2.74. The molecule has 0 radical (unpaired) electrons. The Labute approximate surface area is 126 Å². The molecule has 1 N–H and O–H groups in total. The van der Waals surface area contributed by atoms with Gasteiger partial charge in [-0.05, 0) is 23.3 Å². The number of carbonyl (C=O) groups excluding carboxylic acids is 1. The number of hydrogen-bond acceptors (Lipinski definition) is 2. The van der Waals surface area contributed by atoms with Crippen LogP contribution in [-0.4, -0.2) is 10.9 Å². The smallest absolute Gasteiger partial charge is 0.167 e. The van der Waals surface area contributed by atoms with E-state index in [2.05, 4.69) is 6.92 Å². The predicted molar refractivity (Wildman–Crippen MR) is 87.9 cm³/mol. The molecule has 2 rings (SSSR count). The molecule has 2 heteroatoms. The fraction of sp³-hybridized carbons (Fsp3) is 0.421. The summed E-state index contributed by atoms with van der Waals surface area (Å²) < 4.78 is 0. The number of ketones is 1. The highest BCUT2D eigenvalue weighted by molar-refractivity contribution is 6.10. The van der Waals surface area contributed by atoms with Crippen molar-refractivity contribution in [3.8, 4) is 5.75 Å². The Morgan fingerprint density at radius 1 is 0.952 bits per heavy atom. The van der Waals surface area contributed by atoms with Crippen LogP contribution in [0.3, 0.4) is 0 Å². The molecule has 0 bridgehead atoms. The molecule has 0 aliphatic rings. The maximum Gasteiger partial charge on any atom is 0.167 e. The molecule has 0 saturated heterocycles. The van der Waals surface area contributed by atoms with E-state index in [1.165, 1.54) is 25.7 Å². The molecule has 0 amide bonds. The average molecular weight is 284 g/mol. The van der Waals surface area contributed by atoms with Crippen LogP contribution in [0.1, 0.15) is 62.2 Å². The zero-order chi connectivity index (χ0) is 15.1. The molecule has 0 aromatic heterocycles. The highest BCUT2D eigenvalue weighted by Crippen LogP contribution is 2.28. The van der Waals surface area contributed by atoms with Crippen molar-refractivity contribution in [2.75, 3.05) is 0 Å².